The number of thiophene rings is 1. The van der Waals surface area contributed by atoms with E-state index in [0.717, 1.165) is 40.9 Å². The molecule has 1 aliphatic carbocycles. The van der Waals surface area contributed by atoms with Crippen LogP contribution in [0.5, 0.6) is 0 Å². The van der Waals surface area contributed by atoms with Gasteiger partial charge in [0.15, 0.2) is 5.67 Å². The summed E-state index contributed by atoms with van der Waals surface area (Å²) >= 11 is 6.79. The molecule has 180 valence electrons. The van der Waals surface area contributed by atoms with Crippen LogP contribution in [0.15, 0.2) is 28.5 Å². The van der Waals surface area contributed by atoms with Gasteiger partial charge in [-0.15, -0.1) is 11.3 Å². The molecule has 2 atom stereocenters. The van der Waals surface area contributed by atoms with Crippen molar-refractivity contribution >= 4 is 44.8 Å². The Hall–Kier alpha value is -2.01. The highest BCUT2D eigenvalue weighted by Crippen LogP contribution is 2.34. The number of nitrogens with one attached hydrogen (secondary N) is 2. The van der Waals surface area contributed by atoms with E-state index >= 15 is 0 Å². The zero-order valence-corrected chi connectivity index (χ0v) is 20.8. The Labute approximate surface area is 201 Å². The zero-order chi connectivity index (χ0) is 24.4. The molecule has 0 saturated heterocycles. The number of alkyl halides is 1. The van der Waals surface area contributed by atoms with E-state index in [1.807, 2.05) is 25.1 Å². The zero-order valence-electron chi connectivity index (χ0n) is 18.4. The second kappa shape index (κ2) is 10.1. The van der Waals surface area contributed by atoms with Crippen LogP contribution in [-0.2, 0) is 27.8 Å². The van der Waals surface area contributed by atoms with Crippen molar-refractivity contribution in [1.82, 2.24) is 10.6 Å². The van der Waals surface area contributed by atoms with Crippen molar-refractivity contribution in [2.24, 2.45) is 5.14 Å². The maximum Gasteiger partial charge on any atom is 0.257 e. The van der Waals surface area contributed by atoms with Gasteiger partial charge >= 0.3 is 0 Å². The molecule has 3 rings (SSSR count). The van der Waals surface area contributed by atoms with Crippen molar-refractivity contribution in [1.29, 1.82) is 0 Å². The summed E-state index contributed by atoms with van der Waals surface area (Å²) < 4.78 is 37.4. The van der Waals surface area contributed by atoms with Crippen molar-refractivity contribution in [3.05, 3.63) is 50.9 Å². The van der Waals surface area contributed by atoms with Gasteiger partial charge in [-0.05, 0) is 48.9 Å². The van der Waals surface area contributed by atoms with Crippen molar-refractivity contribution in [3.8, 4) is 0 Å². The predicted molar refractivity (Wildman–Crippen MR) is 127 cm³/mol. The lowest BCUT2D eigenvalue weighted by atomic mass is 9.99. The van der Waals surface area contributed by atoms with Crippen LogP contribution in [-0.4, -0.2) is 25.9 Å². The minimum atomic E-state index is -3.94. The highest BCUT2D eigenvalue weighted by atomic mass is 35.5. The molecule has 2 amide bonds. The van der Waals surface area contributed by atoms with Gasteiger partial charge in [0.1, 0.15) is 8.55 Å². The van der Waals surface area contributed by atoms with Crippen LogP contribution in [0.25, 0.3) is 0 Å². The van der Waals surface area contributed by atoms with E-state index in [1.165, 1.54) is 13.0 Å². The van der Waals surface area contributed by atoms with Gasteiger partial charge in [-0.25, -0.2) is 17.9 Å². The quantitative estimate of drug-likeness (QED) is 0.467. The van der Waals surface area contributed by atoms with Crippen LogP contribution in [0.2, 0.25) is 4.34 Å². The standard InChI is InChI=1S/C22H27ClFN3O4S2/c1-3-4-9-22(2,24)21(29)26-12-13-5-7-15-14(10-13)6-8-17(15)27-20(28)16-11-18(32-19(16)23)33(25,30)31/h5,7,10-11,17H,3-4,6,8-9,12H2,1-2H3,(H,26,29)(H,27,28)(H2,25,30,31). The summed E-state index contributed by atoms with van der Waals surface area (Å²) in [5, 5.41) is 10.7. The Bertz CT molecular complexity index is 1160. The molecule has 0 bridgehead atoms. The van der Waals surface area contributed by atoms with Crippen LogP contribution in [0.3, 0.4) is 0 Å². The molecule has 33 heavy (non-hydrogen) atoms. The largest absolute Gasteiger partial charge is 0.349 e. The van der Waals surface area contributed by atoms with E-state index in [1.54, 1.807) is 0 Å². The third-order valence-corrected chi connectivity index (χ3v) is 8.48. The van der Waals surface area contributed by atoms with Crippen LogP contribution in [0.1, 0.15) is 72.6 Å². The van der Waals surface area contributed by atoms with Gasteiger partial charge < -0.3 is 10.6 Å². The fourth-order valence-electron chi connectivity index (χ4n) is 3.80. The first kappa shape index (κ1) is 25.6. The van der Waals surface area contributed by atoms with Crippen molar-refractivity contribution < 1.29 is 22.4 Å². The van der Waals surface area contributed by atoms with Gasteiger partial charge in [-0.3, -0.25) is 9.59 Å². The highest BCUT2D eigenvalue weighted by Gasteiger charge is 2.32. The maximum absolute atomic E-state index is 14.5. The molecular formula is C22H27ClFN3O4S2. The summed E-state index contributed by atoms with van der Waals surface area (Å²) in [7, 11) is -3.94. The lowest BCUT2D eigenvalue weighted by Crippen LogP contribution is -2.40. The number of aryl methyl sites for hydroxylation is 1. The molecule has 0 spiro atoms. The average Bonchev–Trinajstić information content (AvgIpc) is 3.33. The van der Waals surface area contributed by atoms with Crippen LogP contribution >= 0.6 is 22.9 Å². The number of carbonyl (C=O) groups excluding carboxylic acids is 2. The molecule has 1 heterocycles. The van der Waals surface area contributed by atoms with Crippen LogP contribution in [0.4, 0.5) is 4.39 Å². The van der Waals surface area contributed by atoms with Crippen molar-refractivity contribution in [2.75, 3.05) is 0 Å². The molecular weight excluding hydrogens is 489 g/mol. The van der Waals surface area contributed by atoms with Gasteiger partial charge in [0.2, 0.25) is 10.0 Å². The number of hydrogen-bond donors (Lipinski definition) is 3. The predicted octanol–water partition coefficient (Wildman–Crippen LogP) is 4.00. The average molecular weight is 516 g/mol. The number of unbranched alkanes of at least 4 members (excludes halogenated alkanes) is 1. The number of hydrogen-bond acceptors (Lipinski definition) is 5. The summed E-state index contributed by atoms with van der Waals surface area (Å²) in [6.07, 6.45) is 3.04. The molecule has 7 nitrogen and oxygen atoms in total. The van der Waals surface area contributed by atoms with E-state index < -0.39 is 27.5 Å². The number of carbonyl (C=O) groups is 2. The van der Waals surface area contributed by atoms with Gasteiger partial charge in [0.25, 0.3) is 11.8 Å². The molecule has 1 aromatic carbocycles. The summed E-state index contributed by atoms with van der Waals surface area (Å²) in [4.78, 5) is 24.9. The fourth-order valence-corrected chi connectivity index (χ4v) is 5.94. The molecule has 4 N–H and O–H groups in total. The first-order valence-corrected chi connectivity index (χ1v) is 13.4. The van der Waals surface area contributed by atoms with Gasteiger partial charge in [-0.1, -0.05) is 49.6 Å². The number of halogens is 2. The molecule has 0 aliphatic heterocycles. The first-order chi connectivity index (χ1) is 15.4. The Morgan fingerprint density at radius 2 is 2.06 bits per heavy atom. The van der Waals surface area contributed by atoms with Gasteiger partial charge in [0.05, 0.1) is 11.6 Å². The first-order valence-electron chi connectivity index (χ1n) is 10.6. The summed E-state index contributed by atoms with van der Waals surface area (Å²) in [5.41, 5.74) is 0.987. The van der Waals surface area contributed by atoms with Crippen molar-refractivity contribution in [3.63, 3.8) is 0 Å². The number of nitrogens with two attached hydrogens (primary N) is 1. The fraction of sp³-hybridized carbons (Fsp3) is 0.455. The topological polar surface area (TPSA) is 118 Å². The molecule has 2 aromatic rings. The maximum atomic E-state index is 14.5. The summed E-state index contributed by atoms with van der Waals surface area (Å²) in [5.74, 6) is -1.09. The van der Waals surface area contributed by atoms with E-state index in [4.69, 9.17) is 16.7 Å². The smallest absolute Gasteiger partial charge is 0.257 e. The summed E-state index contributed by atoms with van der Waals surface area (Å²) in [6.45, 7) is 3.47. The normalized spacial score (nSPS) is 17.3. The third-order valence-electron chi connectivity index (χ3n) is 5.71. The molecule has 2 unspecified atom stereocenters. The molecule has 0 saturated carbocycles. The monoisotopic (exact) mass is 515 g/mol. The molecule has 1 aliphatic rings. The Morgan fingerprint density at radius 1 is 1.33 bits per heavy atom. The number of sulfonamides is 1. The minimum Gasteiger partial charge on any atom is -0.349 e. The minimum absolute atomic E-state index is 0.0552. The van der Waals surface area contributed by atoms with Gasteiger partial charge in [-0.2, -0.15) is 0 Å². The second-order valence-corrected chi connectivity index (χ2v) is 11.8. The van der Waals surface area contributed by atoms with E-state index in [2.05, 4.69) is 10.6 Å². The second-order valence-electron chi connectivity index (χ2n) is 8.38. The van der Waals surface area contributed by atoms with E-state index in [0.29, 0.717) is 12.8 Å². The van der Waals surface area contributed by atoms with Crippen LogP contribution in [0, 0.1) is 0 Å². The summed E-state index contributed by atoms with van der Waals surface area (Å²) in [6, 6.07) is 6.58. The number of rotatable bonds is 9. The Morgan fingerprint density at radius 3 is 2.70 bits per heavy atom. The van der Waals surface area contributed by atoms with Crippen LogP contribution < -0.4 is 15.8 Å². The van der Waals surface area contributed by atoms with Crippen molar-refractivity contribution in [2.45, 2.75) is 68.4 Å². The number of amides is 2. The van der Waals surface area contributed by atoms with E-state index in [9.17, 15) is 22.4 Å². The molecule has 1 aromatic heterocycles. The lowest BCUT2D eigenvalue weighted by Gasteiger charge is -2.19. The Kier molecular flexibility index (Phi) is 7.83. The number of fused-ring (bicyclic) bond motifs is 1. The molecule has 0 fully saturated rings. The molecule has 0 radical (unpaired) electrons. The third kappa shape index (κ3) is 6.11. The molecule has 11 heteroatoms. The lowest BCUT2D eigenvalue weighted by molar-refractivity contribution is -0.132. The highest BCUT2D eigenvalue weighted by molar-refractivity contribution is 7.91. The number of benzene rings is 1. The van der Waals surface area contributed by atoms with E-state index in [-0.39, 0.29) is 33.1 Å². The Balaban J connectivity index is 1.64. The SMILES string of the molecule is CCCCC(C)(F)C(=O)NCc1ccc2c(c1)CCC2NC(=O)c1cc(S(N)(=O)=O)sc1Cl. The van der Waals surface area contributed by atoms with Gasteiger partial charge in [0, 0.05) is 6.54 Å². The number of primary sulfonamides is 1.